The van der Waals surface area contributed by atoms with Crippen LogP contribution in [-0.4, -0.2) is 49.6 Å². The van der Waals surface area contributed by atoms with Gasteiger partial charge < -0.3 is 9.91 Å². The Balaban J connectivity index is 3.02. The number of carbonyl (C=O) groups is 1. The third-order valence-corrected chi connectivity index (χ3v) is 2.31. The number of rotatable bonds is 5. The summed E-state index contributed by atoms with van der Waals surface area (Å²) < 4.78 is 0. The van der Waals surface area contributed by atoms with E-state index in [1.165, 1.54) is 0 Å². The summed E-state index contributed by atoms with van der Waals surface area (Å²) in [4.78, 5) is 13.5. The first kappa shape index (κ1) is 12.7. The Morgan fingerprint density at radius 2 is 1.81 bits per heavy atom. The van der Waals surface area contributed by atoms with Crippen LogP contribution in [0, 0.1) is 5.92 Å². The second-order valence-electron chi connectivity index (χ2n) is 4.67. The van der Waals surface area contributed by atoms with Crippen LogP contribution < -0.4 is 0 Å². The number of nitrogens with zero attached hydrogens (tertiary/aromatic N) is 3. The fourth-order valence-corrected chi connectivity index (χ4v) is 1.52. The third-order valence-electron chi connectivity index (χ3n) is 2.31. The van der Waals surface area contributed by atoms with Gasteiger partial charge in [-0.2, -0.15) is 5.10 Å². The first-order valence-electron chi connectivity index (χ1n) is 5.57. The largest absolute Gasteiger partial charge is 0.383 e. The van der Waals surface area contributed by atoms with E-state index in [0.29, 0.717) is 5.92 Å². The van der Waals surface area contributed by atoms with Crippen molar-refractivity contribution in [1.82, 2.24) is 9.91 Å². The molecule has 0 aromatic rings. The monoisotopic (exact) mass is 223 g/mol. The van der Waals surface area contributed by atoms with Gasteiger partial charge in [0.15, 0.2) is 5.78 Å². The lowest BCUT2D eigenvalue weighted by molar-refractivity contribution is -0.113. The molecule has 0 heterocycles. The van der Waals surface area contributed by atoms with E-state index in [9.17, 15) is 4.79 Å². The van der Waals surface area contributed by atoms with Crippen LogP contribution in [0.4, 0.5) is 0 Å². The summed E-state index contributed by atoms with van der Waals surface area (Å²) in [5, 5.41) is 6.21. The maximum Gasteiger partial charge on any atom is 0.163 e. The lowest BCUT2D eigenvalue weighted by Crippen LogP contribution is -2.19. The number of Topliss-reactive ketones (excluding diaryl/α,β-unsaturated/α-hetero) is 1. The average Bonchev–Trinajstić information content (AvgIpc) is 2.92. The van der Waals surface area contributed by atoms with E-state index >= 15 is 0 Å². The minimum atomic E-state index is 0.0844. The minimum Gasteiger partial charge on any atom is -0.383 e. The highest BCUT2D eigenvalue weighted by Gasteiger charge is 2.32. The molecule has 1 saturated carbocycles. The van der Waals surface area contributed by atoms with Crippen molar-refractivity contribution in [1.29, 1.82) is 0 Å². The van der Waals surface area contributed by atoms with Gasteiger partial charge in [0.05, 0.1) is 11.3 Å². The van der Waals surface area contributed by atoms with Gasteiger partial charge in [0.25, 0.3) is 0 Å². The van der Waals surface area contributed by atoms with Gasteiger partial charge in [0, 0.05) is 40.3 Å². The van der Waals surface area contributed by atoms with Gasteiger partial charge in [-0.1, -0.05) is 0 Å². The maximum absolute atomic E-state index is 11.6. The minimum absolute atomic E-state index is 0.0844. The summed E-state index contributed by atoms with van der Waals surface area (Å²) in [7, 11) is 7.61. The molecule has 0 aliphatic heterocycles. The van der Waals surface area contributed by atoms with Crippen LogP contribution in [-0.2, 0) is 4.79 Å². The molecule has 1 aliphatic rings. The number of hydrogen-bond donors (Lipinski definition) is 0. The summed E-state index contributed by atoms with van der Waals surface area (Å²) in [5.74, 6) is 0.554. The fraction of sp³-hybridized carbons (Fsp3) is 0.667. The van der Waals surface area contributed by atoms with E-state index in [1.54, 1.807) is 11.9 Å². The second-order valence-corrected chi connectivity index (χ2v) is 4.67. The van der Waals surface area contributed by atoms with Crippen molar-refractivity contribution in [3.05, 3.63) is 11.8 Å². The summed E-state index contributed by atoms with van der Waals surface area (Å²) in [6, 6.07) is 0. The van der Waals surface area contributed by atoms with Crippen LogP contribution in [0.15, 0.2) is 16.9 Å². The highest BCUT2D eigenvalue weighted by molar-refractivity contribution is 6.22. The molecule has 16 heavy (non-hydrogen) atoms. The van der Waals surface area contributed by atoms with Crippen molar-refractivity contribution in [3.8, 4) is 0 Å². The predicted molar refractivity (Wildman–Crippen MR) is 66.3 cm³/mol. The molecule has 1 fully saturated rings. The van der Waals surface area contributed by atoms with Crippen molar-refractivity contribution >= 4 is 11.5 Å². The SMILES string of the molecule is CC(=O)C(=CN(C)C)C(=NN(C)C)C1CC1. The second kappa shape index (κ2) is 5.14. The Hall–Kier alpha value is -1.32. The standard InChI is InChI=1S/C12H21N3O/c1-9(16)11(8-14(2)3)12(10-6-7-10)13-15(4)5/h8,10H,6-7H2,1-5H3. The highest BCUT2D eigenvalue weighted by atomic mass is 16.1. The Labute approximate surface area is 97.6 Å². The zero-order valence-corrected chi connectivity index (χ0v) is 10.8. The van der Waals surface area contributed by atoms with Crippen LogP contribution in [0.3, 0.4) is 0 Å². The zero-order valence-electron chi connectivity index (χ0n) is 10.8. The van der Waals surface area contributed by atoms with Crippen LogP contribution in [0.5, 0.6) is 0 Å². The van der Waals surface area contributed by atoms with Gasteiger partial charge in [-0.05, 0) is 19.8 Å². The molecular weight excluding hydrogens is 202 g/mol. The lowest BCUT2D eigenvalue weighted by Gasteiger charge is -2.14. The van der Waals surface area contributed by atoms with Crippen LogP contribution in [0.1, 0.15) is 19.8 Å². The molecule has 0 amide bonds. The molecule has 0 bridgehead atoms. The lowest BCUT2D eigenvalue weighted by atomic mass is 10.0. The molecule has 1 aliphatic carbocycles. The molecule has 0 aromatic heterocycles. The molecule has 4 nitrogen and oxygen atoms in total. The van der Waals surface area contributed by atoms with Crippen LogP contribution in [0.25, 0.3) is 0 Å². The topological polar surface area (TPSA) is 35.9 Å². The Bertz CT molecular complexity index is 325. The molecule has 0 atom stereocenters. The molecule has 0 spiro atoms. The first-order valence-corrected chi connectivity index (χ1v) is 5.57. The van der Waals surface area contributed by atoms with Gasteiger partial charge >= 0.3 is 0 Å². The first-order chi connectivity index (χ1) is 7.41. The quantitative estimate of drug-likeness (QED) is 0.401. The van der Waals surface area contributed by atoms with Gasteiger partial charge in [-0.3, -0.25) is 4.79 Å². The smallest absolute Gasteiger partial charge is 0.163 e. The van der Waals surface area contributed by atoms with Crippen molar-refractivity contribution in [3.63, 3.8) is 0 Å². The zero-order chi connectivity index (χ0) is 12.3. The summed E-state index contributed by atoms with van der Waals surface area (Å²) >= 11 is 0. The predicted octanol–water partition coefficient (Wildman–Crippen LogP) is 1.35. The molecular formula is C12H21N3O. The van der Waals surface area contributed by atoms with Gasteiger partial charge in [0.1, 0.15) is 0 Å². The number of allylic oxidation sites excluding steroid dienone is 1. The van der Waals surface area contributed by atoms with Crippen LogP contribution >= 0.6 is 0 Å². The Morgan fingerprint density at radius 3 is 2.12 bits per heavy atom. The fourth-order valence-electron chi connectivity index (χ4n) is 1.52. The van der Waals surface area contributed by atoms with Crippen LogP contribution in [0.2, 0.25) is 0 Å². The van der Waals surface area contributed by atoms with E-state index in [4.69, 9.17) is 0 Å². The summed E-state index contributed by atoms with van der Waals surface area (Å²) in [6.45, 7) is 1.60. The number of hydrazone groups is 1. The van der Waals surface area contributed by atoms with Crippen molar-refractivity contribution in [2.45, 2.75) is 19.8 Å². The number of hydrogen-bond acceptors (Lipinski definition) is 4. The van der Waals surface area contributed by atoms with Gasteiger partial charge in [0.2, 0.25) is 0 Å². The third kappa shape index (κ3) is 3.68. The molecule has 4 heteroatoms. The Morgan fingerprint density at radius 1 is 1.25 bits per heavy atom. The molecule has 0 N–H and O–H groups in total. The normalized spacial score (nSPS) is 17.3. The van der Waals surface area contributed by atoms with E-state index in [2.05, 4.69) is 5.10 Å². The summed E-state index contributed by atoms with van der Waals surface area (Å²) in [5.41, 5.74) is 1.67. The maximum atomic E-state index is 11.6. The highest BCUT2D eigenvalue weighted by Crippen LogP contribution is 2.33. The molecule has 0 aromatic carbocycles. The molecule has 0 unspecified atom stereocenters. The van der Waals surface area contributed by atoms with Crippen molar-refractivity contribution in [2.75, 3.05) is 28.2 Å². The molecule has 1 rings (SSSR count). The number of ketones is 1. The van der Waals surface area contributed by atoms with E-state index < -0.39 is 0 Å². The van der Waals surface area contributed by atoms with E-state index in [0.717, 1.165) is 24.1 Å². The summed E-state index contributed by atoms with van der Waals surface area (Å²) in [6.07, 6.45) is 4.15. The van der Waals surface area contributed by atoms with Crippen molar-refractivity contribution in [2.24, 2.45) is 11.0 Å². The Kier molecular flexibility index (Phi) is 4.10. The average molecular weight is 223 g/mol. The molecule has 90 valence electrons. The van der Waals surface area contributed by atoms with Crippen molar-refractivity contribution < 1.29 is 4.79 Å². The molecule has 0 radical (unpaired) electrons. The van der Waals surface area contributed by atoms with E-state index in [1.807, 2.05) is 39.3 Å². The van der Waals surface area contributed by atoms with Gasteiger partial charge in [-0.25, -0.2) is 0 Å². The molecule has 0 saturated heterocycles. The number of carbonyl (C=O) groups excluding carboxylic acids is 1. The van der Waals surface area contributed by atoms with Gasteiger partial charge in [-0.15, -0.1) is 0 Å². The van der Waals surface area contributed by atoms with E-state index in [-0.39, 0.29) is 5.78 Å².